The second-order valence-corrected chi connectivity index (χ2v) is 5.00. The highest BCUT2D eigenvalue weighted by molar-refractivity contribution is 6.33. The zero-order chi connectivity index (χ0) is 14.7. The lowest BCUT2D eigenvalue weighted by Crippen LogP contribution is -2.17. The van der Waals surface area contributed by atoms with E-state index in [-0.39, 0.29) is 10.6 Å². The highest BCUT2D eigenvalue weighted by Gasteiger charge is 2.11. The fourth-order valence-corrected chi connectivity index (χ4v) is 2.19. The van der Waals surface area contributed by atoms with Crippen LogP contribution >= 0.6 is 11.6 Å². The monoisotopic (exact) mass is 290 g/mol. The predicted molar refractivity (Wildman–Crippen MR) is 79.5 cm³/mol. The van der Waals surface area contributed by atoms with E-state index in [2.05, 4.69) is 4.98 Å². The summed E-state index contributed by atoms with van der Waals surface area (Å²) in [5.74, 6) is -1.02. The molecule has 0 spiro atoms. The van der Waals surface area contributed by atoms with Crippen LogP contribution in [0.4, 0.5) is 5.69 Å². The summed E-state index contributed by atoms with van der Waals surface area (Å²) in [6.07, 6.45) is 0. The van der Waals surface area contributed by atoms with E-state index in [4.69, 9.17) is 16.7 Å². The van der Waals surface area contributed by atoms with Gasteiger partial charge in [0.25, 0.3) is 0 Å². The molecule has 1 N–H and O–H groups in total. The average Bonchev–Trinajstić information content (AvgIpc) is 2.38. The first-order valence-corrected chi connectivity index (χ1v) is 6.51. The van der Waals surface area contributed by atoms with Crippen molar-refractivity contribution in [1.82, 2.24) is 4.98 Å². The third-order valence-corrected chi connectivity index (χ3v) is 3.28. The number of hydrogen-bond donors (Lipinski definition) is 1. The van der Waals surface area contributed by atoms with E-state index >= 15 is 0 Å². The lowest BCUT2D eigenvalue weighted by atomic mass is 10.2. The standard InChI is InChI=1S/C15H15ClN2O2/c1-10-4-3-5-11(17-10)9-18(2)12-6-7-13(15(19)20)14(16)8-12/h3-8H,9H2,1-2H3,(H,19,20). The Balaban J connectivity index is 2.19. The lowest BCUT2D eigenvalue weighted by Gasteiger charge is -2.19. The maximum Gasteiger partial charge on any atom is 0.337 e. The largest absolute Gasteiger partial charge is 0.478 e. The molecule has 0 bridgehead atoms. The summed E-state index contributed by atoms with van der Waals surface area (Å²) in [4.78, 5) is 17.3. The first-order valence-electron chi connectivity index (χ1n) is 6.14. The molecule has 0 radical (unpaired) electrons. The number of aromatic nitrogens is 1. The SMILES string of the molecule is Cc1cccc(CN(C)c2ccc(C(=O)O)c(Cl)c2)n1. The molecule has 4 nitrogen and oxygen atoms in total. The number of benzene rings is 1. The highest BCUT2D eigenvalue weighted by Crippen LogP contribution is 2.24. The normalized spacial score (nSPS) is 10.3. The van der Waals surface area contributed by atoms with Crippen LogP contribution in [-0.2, 0) is 6.54 Å². The number of carboxylic acids is 1. The molecule has 1 aromatic heterocycles. The van der Waals surface area contributed by atoms with E-state index in [1.807, 2.05) is 37.1 Å². The quantitative estimate of drug-likeness (QED) is 0.938. The van der Waals surface area contributed by atoms with Crippen molar-refractivity contribution in [3.8, 4) is 0 Å². The van der Waals surface area contributed by atoms with E-state index in [9.17, 15) is 4.79 Å². The summed E-state index contributed by atoms with van der Waals surface area (Å²) in [6, 6.07) is 10.8. The summed E-state index contributed by atoms with van der Waals surface area (Å²) in [5, 5.41) is 9.19. The van der Waals surface area contributed by atoms with Gasteiger partial charge in [-0.25, -0.2) is 4.79 Å². The Hall–Kier alpha value is -2.07. The number of hydrogen-bond acceptors (Lipinski definition) is 3. The Bertz CT molecular complexity index is 644. The van der Waals surface area contributed by atoms with Crippen LogP contribution in [-0.4, -0.2) is 23.1 Å². The molecule has 2 aromatic rings. The number of aryl methyl sites for hydroxylation is 1. The van der Waals surface area contributed by atoms with Gasteiger partial charge in [0.05, 0.1) is 22.8 Å². The van der Waals surface area contributed by atoms with E-state index in [0.29, 0.717) is 6.54 Å². The van der Waals surface area contributed by atoms with Gasteiger partial charge in [0, 0.05) is 18.4 Å². The minimum absolute atomic E-state index is 0.109. The number of carbonyl (C=O) groups is 1. The van der Waals surface area contributed by atoms with Crippen molar-refractivity contribution in [2.75, 3.05) is 11.9 Å². The van der Waals surface area contributed by atoms with E-state index in [0.717, 1.165) is 17.1 Å². The number of anilines is 1. The summed E-state index contributed by atoms with van der Waals surface area (Å²) >= 11 is 5.97. The molecule has 2 rings (SSSR count). The maximum atomic E-state index is 10.9. The van der Waals surface area contributed by atoms with E-state index in [1.165, 1.54) is 6.07 Å². The van der Waals surface area contributed by atoms with Crippen LogP contribution in [0, 0.1) is 6.92 Å². The molecule has 0 aliphatic rings. The van der Waals surface area contributed by atoms with Crippen molar-refractivity contribution in [2.24, 2.45) is 0 Å². The van der Waals surface area contributed by atoms with Crippen molar-refractivity contribution in [3.05, 3.63) is 58.4 Å². The molecule has 20 heavy (non-hydrogen) atoms. The molecule has 104 valence electrons. The van der Waals surface area contributed by atoms with Crippen LogP contribution in [0.15, 0.2) is 36.4 Å². The van der Waals surface area contributed by atoms with Crippen LogP contribution in [0.3, 0.4) is 0 Å². The van der Waals surface area contributed by atoms with Crippen LogP contribution in [0.2, 0.25) is 5.02 Å². The minimum Gasteiger partial charge on any atom is -0.478 e. The Morgan fingerprint density at radius 2 is 2.10 bits per heavy atom. The number of halogens is 1. The zero-order valence-electron chi connectivity index (χ0n) is 11.3. The number of aromatic carboxylic acids is 1. The van der Waals surface area contributed by atoms with Gasteiger partial charge in [0.15, 0.2) is 0 Å². The van der Waals surface area contributed by atoms with E-state index < -0.39 is 5.97 Å². The Morgan fingerprint density at radius 1 is 1.35 bits per heavy atom. The predicted octanol–water partition coefficient (Wildman–Crippen LogP) is 3.38. The molecule has 0 aliphatic carbocycles. The van der Waals surface area contributed by atoms with Crippen LogP contribution < -0.4 is 4.90 Å². The van der Waals surface area contributed by atoms with Gasteiger partial charge in [-0.15, -0.1) is 0 Å². The second-order valence-electron chi connectivity index (χ2n) is 4.60. The molecule has 0 atom stereocenters. The molecule has 0 fully saturated rings. The molecule has 1 heterocycles. The maximum absolute atomic E-state index is 10.9. The topological polar surface area (TPSA) is 53.4 Å². The van der Waals surface area contributed by atoms with Gasteiger partial charge in [-0.1, -0.05) is 17.7 Å². The van der Waals surface area contributed by atoms with Crippen molar-refractivity contribution in [2.45, 2.75) is 13.5 Å². The third kappa shape index (κ3) is 3.27. The van der Waals surface area contributed by atoms with Gasteiger partial charge in [-0.3, -0.25) is 4.98 Å². The van der Waals surface area contributed by atoms with Gasteiger partial charge < -0.3 is 10.0 Å². The Labute approximate surface area is 122 Å². The first kappa shape index (κ1) is 14.3. The van der Waals surface area contributed by atoms with Gasteiger partial charge in [-0.05, 0) is 37.3 Å². The Morgan fingerprint density at radius 3 is 2.70 bits per heavy atom. The van der Waals surface area contributed by atoms with Crippen molar-refractivity contribution in [3.63, 3.8) is 0 Å². The van der Waals surface area contributed by atoms with Gasteiger partial charge in [0.1, 0.15) is 0 Å². The molecule has 0 saturated carbocycles. The lowest BCUT2D eigenvalue weighted by molar-refractivity contribution is 0.0697. The van der Waals surface area contributed by atoms with Crippen molar-refractivity contribution in [1.29, 1.82) is 0 Å². The van der Waals surface area contributed by atoms with Crippen LogP contribution in [0.1, 0.15) is 21.7 Å². The number of carboxylic acid groups (broad SMARTS) is 1. The van der Waals surface area contributed by atoms with E-state index in [1.54, 1.807) is 12.1 Å². The van der Waals surface area contributed by atoms with Gasteiger partial charge in [0.2, 0.25) is 0 Å². The zero-order valence-corrected chi connectivity index (χ0v) is 12.1. The first-order chi connectivity index (χ1) is 9.47. The third-order valence-electron chi connectivity index (χ3n) is 2.97. The second kappa shape index (κ2) is 5.92. The van der Waals surface area contributed by atoms with Crippen LogP contribution in [0.25, 0.3) is 0 Å². The Kier molecular flexibility index (Phi) is 4.25. The van der Waals surface area contributed by atoms with Gasteiger partial charge >= 0.3 is 5.97 Å². The molecular formula is C15H15ClN2O2. The minimum atomic E-state index is -1.02. The molecule has 5 heteroatoms. The summed E-state index contributed by atoms with van der Waals surface area (Å²) < 4.78 is 0. The molecule has 1 aromatic carbocycles. The highest BCUT2D eigenvalue weighted by atomic mass is 35.5. The summed E-state index contributed by atoms with van der Waals surface area (Å²) in [6.45, 7) is 2.58. The van der Waals surface area contributed by atoms with Gasteiger partial charge in [-0.2, -0.15) is 0 Å². The number of nitrogens with zero attached hydrogens (tertiary/aromatic N) is 2. The van der Waals surface area contributed by atoms with Crippen molar-refractivity contribution < 1.29 is 9.90 Å². The average molecular weight is 291 g/mol. The van der Waals surface area contributed by atoms with Crippen LogP contribution in [0.5, 0.6) is 0 Å². The number of rotatable bonds is 4. The molecule has 0 amide bonds. The molecule has 0 unspecified atom stereocenters. The fourth-order valence-electron chi connectivity index (χ4n) is 1.94. The molecular weight excluding hydrogens is 276 g/mol. The fraction of sp³-hybridized carbons (Fsp3) is 0.200. The summed E-state index contributed by atoms with van der Waals surface area (Å²) in [5.41, 5.74) is 2.88. The summed E-state index contributed by atoms with van der Waals surface area (Å²) in [7, 11) is 1.91. The van der Waals surface area contributed by atoms with Crippen molar-refractivity contribution >= 4 is 23.3 Å². The molecule has 0 aliphatic heterocycles. The number of pyridine rings is 1. The smallest absolute Gasteiger partial charge is 0.337 e. The molecule has 0 saturated heterocycles.